The van der Waals surface area contributed by atoms with Gasteiger partial charge in [-0.2, -0.15) is 0 Å². The molecule has 0 saturated heterocycles. The predicted octanol–water partition coefficient (Wildman–Crippen LogP) is 8.90. The molecule has 0 amide bonds. The van der Waals surface area contributed by atoms with E-state index < -0.39 is 0 Å². The van der Waals surface area contributed by atoms with Crippen LogP contribution in [0.2, 0.25) is 0 Å². The highest BCUT2D eigenvalue weighted by Crippen LogP contribution is 2.28. The van der Waals surface area contributed by atoms with Crippen LogP contribution in [0, 0.1) is 0 Å². The number of thiophene rings is 1. The minimum Gasteiger partial charge on any atom is -0.148 e. The van der Waals surface area contributed by atoms with Crippen LogP contribution in [-0.2, 0) is 19.3 Å². The molecule has 1 rings (SSSR count). The summed E-state index contributed by atoms with van der Waals surface area (Å²) in [5.41, 5.74) is 3.48. The number of aryl methyl sites for hydroxylation is 2. The van der Waals surface area contributed by atoms with Crippen LogP contribution in [0.15, 0.2) is 5.38 Å². The first-order chi connectivity index (χ1) is 12.3. The standard InChI is InChI=1S/C24H44S/c1-4-7-10-13-14-17-20-24-23(19-16-12-9-6-3)22(21-25-24)18-15-11-8-5-2/h21H,4-20H2,1-3H3. The Hall–Kier alpha value is -0.300. The van der Waals surface area contributed by atoms with Gasteiger partial charge in [-0.25, -0.2) is 0 Å². The minimum absolute atomic E-state index is 1.33. The van der Waals surface area contributed by atoms with Gasteiger partial charge >= 0.3 is 0 Å². The first-order valence-electron chi connectivity index (χ1n) is 11.4. The first kappa shape index (κ1) is 22.7. The Morgan fingerprint density at radius 1 is 0.560 bits per heavy atom. The smallest absolute Gasteiger partial charge is 0.00800 e. The van der Waals surface area contributed by atoms with Crippen molar-refractivity contribution >= 4 is 11.3 Å². The van der Waals surface area contributed by atoms with Crippen LogP contribution in [0.4, 0.5) is 0 Å². The second-order valence-electron chi connectivity index (χ2n) is 7.80. The fraction of sp³-hybridized carbons (Fsp3) is 0.833. The lowest BCUT2D eigenvalue weighted by molar-refractivity contribution is 0.606. The number of hydrogen-bond acceptors (Lipinski definition) is 1. The van der Waals surface area contributed by atoms with E-state index in [0.717, 1.165) is 0 Å². The zero-order valence-corrected chi connectivity index (χ0v) is 18.3. The summed E-state index contributed by atoms with van der Waals surface area (Å²) in [6, 6.07) is 0. The van der Waals surface area contributed by atoms with Crippen molar-refractivity contribution in [1.82, 2.24) is 0 Å². The molecule has 0 aliphatic heterocycles. The molecule has 0 atom stereocenters. The number of hydrogen-bond donors (Lipinski definition) is 0. The predicted molar refractivity (Wildman–Crippen MR) is 117 cm³/mol. The van der Waals surface area contributed by atoms with Crippen LogP contribution in [0.25, 0.3) is 0 Å². The van der Waals surface area contributed by atoms with Crippen LogP contribution in [0.1, 0.15) is 127 Å². The van der Waals surface area contributed by atoms with E-state index in [0.29, 0.717) is 0 Å². The van der Waals surface area contributed by atoms with E-state index in [9.17, 15) is 0 Å². The van der Waals surface area contributed by atoms with E-state index in [1.54, 1.807) is 16.0 Å². The van der Waals surface area contributed by atoms with E-state index in [1.165, 1.54) is 109 Å². The molecule has 0 aliphatic rings. The molecule has 0 spiro atoms. The fourth-order valence-corrected chi connectivity index (χ4v) is 4.90. The van der Waals surface area contributed by atoms with Gasteiger partial charge in [-0.05, 0) is 55.0 Å². The number of rotatable bonds is 17. The minimum atomic E-state index is 1.33. The molecule has 1 heteroatoms. The summed E-state index contributed by atoms with van der Waals surface area (Å²) < 4.78 is 0. The molecule has 146 valence electrons. The van der Waals surface area contributed by atoms with Crippen molar-refractivity contribution in [2.45, 2.75) is 130 Å². The van der Waals surface area contributed by atoms with E-state index in [2.05, 4.69) is 37.5 Å². The van der Waals surface area contributed by atoms with Gasteiger partial charge in [0, 0.05) is 4.88 Å². The van der Waals surface area contributed by atoms with Crippen molar-refractivity contribution in [3.63, 3.8) is 0 Å². The van der Waals surface area contributed by atoms with Gasteiger partial charge in [-0.3, -0.25) is 0 Å². The maximum Gasteiger partial charge on any atom is 0.00800 e. The van der Waals surface area contributed by atoms with Gasteiger partial charge < -0.3 is 0 Å². The SMILES string of the molecule is CCCCCCCCc1scc(CCCCCC)c1CCCCCC. The van der Waals surface area contributed by atoms with Crippen molar-refractivity contribution in [3.8, 4) is 0 Å². The van der Waals surface area contributed by atoms with Crippen LogP contribution >= 0.6 is 11.3 Å². The van der Waals surface area contributed by atoms with Gasteiger partial charge in [0.15, 0.2) is 0 Å². The molecule has 0 fully saturated rings. The number of unbranched alkanes of at least 4 members (excludes halogenated alkanes) is 11. The van der Waals surface area contributed by atoms with Crippen molar-refractivity contribution in [2.24, 2.45) is 0 Å². The van der Waals surface area contributed by atoms with Crippen molar-refractivity contribution in [2.75, 3.05) is 0 Å². The summed E-state index contributed by atoms with van der Waals surface area (Å²) in [7, 11) is 0. The molecule has 0 nitrogen and oxygen atoms in total. The second-order valence-corrected chi connectivity index (χ2v) is 8.77. The third-order valence-electron chi connectivity index (χ3n) is 5.41. The van der Waals surface area contributed by atoms with Gasteiger partial charge in [0.25, 0.3) is 0 Å². The van der Waals surface area contributed by atoms with Crippen LogP contribution in [0.3, 0.4) is 0 Å². The topological polar surface area (TPSA) is 0 Å². The Labute approximate surface area is 162 Å². The maximum atomic E-state index is 2.51. The molecular weight excluding hydrogens is 320 g/mol. The average molecular weight is 365 g/mol. The van der Waals surface area contributed by atoms with E-state index >= 15 is 0 Å². The highest BCUT2D eigenvalue weighted by Gasteiger charge is 2.11. The second kappa shape index (κ2) is 15.9. The Bertz CT molecular complexity index is 404. The van der Waals surface area contributed by atoms with Crippen LogP contribution in [0.5, 0.6) is 0 Å². The Morgan fingerprint density at radius 2 is 1.04 bits per heavy atom. The Kier molecular flexibility index (Phi) is 14.5. The van der Waals surface area contributed by atoms with Gasteiger partial charge in [0.1, 0.15) is 0 Å². The summed E-state index contributed by atoms with van der Waals surface area (Å²) in [6.45, 7) is 6.93. The molecule has 0 aromatic carbocycles. The van der Waals surface area contributed by atoms with Crippen LogP contribution < -0.4 is 0 Å². The fourth-order valence-electron chi connectivity index (χ4n) is 3.72. The molecule has 1 heterocycles. The van der Waals surface area contributed by atoms with Crippen molar-refractivity contribution < 1.29 is 0 Å². The molecule has 1 aromatic heterocycles. The first-order valence-corrected chi connectivity index (χ1v) is 12.3. The van der Waals surface area contributed by atoms with Gasteiger partial charge in [0.05, 0.1) is 0 Å². The molecule has 0 bridgehead atoms. The molecule has 1 aromatic rings. The van der Waals surface area contributed by atoms with Gasteiger partial charge in [-0.15, -0.1) is 11.3 Å². The van der Waals surface area contributed by atoms with Gasteiger partial charge in [0.2, 0.25) is 0 Å². The zero-order chi connectivity index (χ0) is 18.2. The molecule has 0 N–H and O–H groups in total. The summed E-state index contributed by atoms with van der Waals surface area (Å²) in [6.07, 6.45) is 23.6. The van der Waals surface area contributed by atoms with Crippen molar-refractivity contribution in [3.05, 3.63) is 21.4 Å². The summed E-state index contributed by atoms with van der Waals surface area (Å²) >= 11 is 2.07. The van der Waals surface area contributed by atoms with Crippen molar-refractivity contribution in [1.29, 1.82) is 0 Å². The molecule has 0 radical (unpaired) electrons. The lowest BCUT2D eigenvalue weighted by atomic mass is 9.97. The van der Waals surface area contributed by atoms with Gasteiger partial charge in [-0.1, -0.05) is 91.4 Å². The lowest BCUT2D eigenvalue weighted by Gasteiger charge is -2.09. The quantitative estimate of drug-likeness (QED) is 0.242. The molecule has 25 heavy (non-hydrogen) atoms. The zero-order valence-electron chi connectivity index (χ0n) is 17.5. The third kappa shape index (κ3) is 10.4. The van der Waals surface area contributed by atoms with E-state index in [1.807, 2.05) is 0 Å². The Morgan fingerprint density at radius 3 is 1.68 bits per heavy atom. The van der Waals surface area contributed by atoms with Crippen LogP contribution in [-0.4, -0.2) is 0 Å². The highest BCUT2D eigenvalue weighted by molar-refractivity contribution is 7.10. The van der Waals surface area contributed by atoms with E-state index in [-0.39, 0.29) is 0 Å². The normalized spacial score (nSPS) is 11.3. The lowest BCUT2D eigenvalue weighted by Crippen LogP contribution is -1.96. The molecule has 0 saturated carbocycles. The highest BCUT2D eigenvalue weighted by atomic mass is 32.1. The monoisotopic (exact) mass is 364 g/mol. The molecular formula is C24H44S. The summed E-state index contributed by atoms with van der Waals surface area (Å²) in [4.78, 5) is 1.73. The average Bonchev–Trinajstić information content (AvgIpc) is 3.00. The van der Waals surface area contributed by atoms with E-state index in [4.69, 9.17) is 0 Å². The maximum absolute atomic E-state index is 2.51. The third-order valence-corrected chi connectivity index (χ3v) is 6.54. The molecule has 0 unspecified atom stereocenters. The largest absolute Gasteiger partial charge is 0.148 e. The Balaban J connectivity index is 2.47. The summed E-state index contributed by atoms with van der Waals surface area (Å²) in [5.74, 6) is 0. The molecule has 0 aliphatic carbocycles. The summed E-state index contributed by atoms with van der Waals surface area (Å²) in [5, 5.41) is 2.51.